The minimum absolute atomic E-state index is 0.312. The summed E-state index contributed by atoms with van der Waals surface area (Å²) in [6.07, 6.45) is -0.562. The molecular formula is C21H21N3O3. The number of nitrogens with two attached hydrogens (primary N) is 1. The molecular weight excluding hydrogens is 342 g/mol. The molecule has 1 amide bonds. The molecule has 0 fully saturated rings. The third-order valence-electron chi connectivity index (χ3n) is 4.14. The molecule has 3 rings (SSSR count). The predicted octanol–water partition coefficient (Wildman–Crippen LogP) is 3.70. The Labute approximate surface area is 157 Å². The molecule has 0 bridgehead atoms. The van der Waals surface area contributed by atoms with E-state index in [0.29, 0.717) is 23.4 Å². The molecule has 3 aromatic rings. The summed E-state index contributed by atoms with van der Waals surface area (Å²) in [5.41, 5.74) is 8.68. The second-order valence-corrected chi connectivity index (χ2v) is 6.25. The van der Waals surface area contributed by atoms with E-state index in [4.69, 9.17) is 10.5 Å². The summed E-state index contributed by atoms with van der Waals surface area (Å²) < 4.78 is 5.39. The normalized spacial score (nSPS) is 11.8. The zero-order chi connectivity index (χ0) is 19.4. The Balaban J connectivity index is 1.79. The molecule has 27 heavy (non-hydrogen) atoms. The van der Waals surface area contributed by atoms with Crippen molar-refractivity contribution < 1.29 is 14.3 Å². The highest BCUT2D eigenvalue weighted by atomic mass is 16.5. The zero-order valence-corrected chi connectivity index (χ0v) is 15.2. The van der Waals surface area contributed by atoms with Crippen molar-refractivity contribution in [3.05, 3.63) is 65.9 Å². The van der Waals surface area contributed by atoms with E-state index in [1.165, 1.54) is 6.07 Å². The summed E-state index contributed by atoms with van der Waals surface area (Å²) in [6.45, 7) is 3.64. The van der Waals surface area contributed by atoms with Crippen LogP contribution in [0.5, 0.6) is 0 Å². The van der Waals surface area contributed by atoms with Crippen LogP contribution in [0, 0.1) is 6.92 Å². The molecule has 2 aromatic carbocycles. The van der Waals surface area contributed by atoms with Crippen LogP contribution in [0.4, 0.5) is 11.4 Å². The van der Waals surface area contributed by atoms with E-state index in [0.717, 1.165) is 16.6 Å². The summed E-state index contributed by atoms with van der Waals surface area (Å²) in [5.74, 6) is -0.967. The van der Waals surface area contributed by atoms with Crippen molar-refractivity contribution in [2.75, 3.05) is 11.1 Å². The van der Waals surface area contributed by atoms with E-state index in [2.05, 4.69) is 10.3 Å². The van der Waals surface area contributed by atoms with Gasteiger partial charge in [0.1, 0.15) is 0 Å². The van der Waals surface area contributed by atoms with E-state index in [1.54, 1.807) is 31.2 Å². The number of carbonyl (C=O) groups excluding carboxylic acids is 2. The highest BCUT2D eigenvalue weighted by Crippen LogP contribution is 2.23. The molecule has 0 spiro atoms. The van der Waals surface area contributed by atoms with Gasteiger partial charge in [-0.25, -0.2) is 4.79 Å². The molecule has 1 heterocycles. The molecule has 0 radical (unpaired) electrons. The lowest BCUT2D eigenvalue weighted by atomic mass is 10.1. The van der Waals surface area contributed by atoms with Crippen LogP contribution in [0.2, 0.25) is 0 Å². The Hall–Kier alpha value is -3.41. The minimum atomic E-state index is -0.911. The second-order valence-electron chi connectivity index (χ2n) is 6.25. The third kappa shape index (κ3) is 4.23. The number of hydrogen-bond acceptors (Lipinski definition) is 5. The number of amides is 1. The van der Waals surface area contributed by atoms with E-state index >= 15 is 0 Å². The highest BCUT2D eigenvalue weighted by molar-refractivity contribution is 6.03. The average Bonchev–Trinajstić information content (AvgIpc) is 2.65. The number of aryl methyl sites for hydroxylation is 1. The summed E-state index contributed by atoms with van der Waals surface area (Å²) in [7, 11) is 0. The summed E-state index contributed by atoms with van der Waals surface area (Å²) in [6, 6.07) is 15.8. The number of esters is 1. The average molecular weight is 363 g/mol. The van der Waals surface area contributed by atoms with Crippen LogP contribution in [0.1, 0.15) is 29.4 Å². The van der Waals surface area contributed by atoms with Crippen molar-refractivity contribution in [2.45, 2.75) is 26.4 Å². The number of para-hydroxylation sites is 1. The van der Waals surface area contributed by atoms with Crippen molar-refractivity contribution in [2.24, 2.45) is 0 Å². The van der Waals surface area contributed by atoms with Gasteiger partial charge in [0.15, 0.2) is 6.10 Å². The van der Waals surface area contributed by atoms with Gasteiger partial charge in [-0.3, -0.25) is 9.78 Å². The van der Waals surface area contributed by atoms with Crippen LogP contribution in [-0.4, -0.2) is 23.0 Å². The number of pyridine rings is 1. The van der Waals surface area contributed by atoms with E-state index in [-0.39, 0.29) is 5.91 Å². The highest BCUT2D eigenvalue weighted by Gasteiger charge is 2.23. The Morgan fingerprint density at radius 2 is 1.93 bits per heavy atom. The molecule has 0 aliphatic carbocycles. The van der Waals surface area contributed by atoms with Crippen LogP contribution in [-0.2, 0) is 9.53 Å². The maximum Gasteiger partial charge on any atom is 0.338 e. The number of nitrogens with one attached hydrogen (secondary N) is 1. The number of carbonyl (C=O) groups is 2. The fourth-order valence-corrected chi connectivity index (χ4v) is 2.81. The quantitative estimate of drug-likeness (QED) is 0.532. The van der Waals surface area contributed by atoms with Gasteiger partial charge in [-0.15, -0.1) is 0 Å². The first-order chi connectivity index (χ1) is 13.0. The standard InChI is InChI=1S/C21H21N3O3/c1-3-19(27-21(26)14-7-6-8-15(22)12-14)20(25)24-18-11-13(2)23-17-10-5-4-9-16(17)18/h4-12,19H,3,22H2,1-2H3,(H,23,24,25). The fourth-order valence-electron chi connectivity index (χ4n) is 2.81. The largest absolute Gasteiger partial charge is 0.449 e. The monoisotopic (exact) mass is 363 g/mol. The molecule has 1 aromatic heterocycles. The van der Waals surface area contributed by atoms with Crippen LogP contribution in [0.25, 0.3) is 10.9 Å². The molecule has 3 N–H and O–H groups in total. The number of nitrogen functional groups attached to an aromatic ring is 1. The lowest BCUT2D eigenvalue weighted by molar-refractivity contribution is -0.124. The SMILES string of the molecule is CCC(OC(=O)c1cccc(N)c1)C(=O)Nc1cc(C)nc2ccccc12. The van der Waals surface area contributed by atoms with E-state index in [1.807, 2.05) is 31.2 Å². The molecule has 0 saturated heterocycles. The lowest BCUT2D eigenvalue weighted by Crippen LogP contribution is -2.32. The molecule has 6 heteroatoms. The van der Waals surface area contributed by atoms with Gasteiger partial charge in [0.05, 0.1) is 16.8 Å². The topological polar surface area (TPSA) is 94.3 Å². The van der Waals surface area contributed by atoms with Crippen molar-refractivity contribution in [1.82, 2.24) is 4.98 Å². The van der Waals surface area contributed by atoms with Gasteiger partial charge < -0.3 is 15.8 Å². The third-order valence-corrected chi connectivity index (χ3v) is 4.14. The van der Waals surface area contributed by atoms with Crippen LogP contribution in [0.3, 0.4) is 0 Å². The molecule has 0 aliphatic rings. The number of rotatable bonds is 5. The van der Waals surface area contributed by atoms with Crippen LogP contribution < -0.4 is 11.1 Å². The minimum Gasteiger partial charge on any atom is -0.449 e. The summed E-state index contributed by atoms with van der Waals surface area (Å²) >= 11 is 0. The van der Waals surface area contributed by atoms with Crippen molar-refractivity contribution >= 4 is 34.2 Å². The van der Waals surface area contributed by atoms with Crippen molar-refractivity contribution in [3.8, 4) is 0 Å². The van der Waals surface area contributed by atoms with Crippen molar-refractivity contribution in [3.63, 3.8) is 0 Å². The number of anilines is 2. The van der Waals surface area contributed by atoms with Gasteiger partial charge in [-0.2, -0.15) is 0 Å². The first-order valence-electron chi connectivity index (χ1n) is 8.71. The van der Waals surface area contributed by atoms with Gasteiger partial charge in [-0.1, -0.05) is 31.2 Å². The predicted molar refractivity (Wildman–Crippen MR) is 105 cm³/mol. The lowest BCUT2D eigenvalue weighted by Gasteiger charge is -2.17. The van der Waals surface area contributed by atoms with Gasteiger partial charge in [-0.05, 0) is 43.7 Å². The Morgan fingerprint density at radius 3 is 2.67 bits per heavy atom. The maximum atomic E-state index is 12.7. The van der Waals surface area contributed by atoms with E-state index in [9.17, 15) is 9.59 Å². The second kappa shape index (κ2) is 7.86. The van der Waals surface area contributed by atoms with E-state index < -0.39 is 12.1 Å². The first kappa shape index (κ1) is 18.4. The number of nitrogens with zero attached hydrogens (tertiary/aromatic N) is 1. The van der Waals surface area contributed by atoms with Gasteiger partial charge >= 0.3 is 5.97 Å². The Morgan fingerprint density at radius 1 is 1.15 bits per heavy atom. The summed E-state index contributed by atoms with van der Waals surface area (Å²) in [5, 5.41) is 3.69. The van der Waals surface area contributed by atoms with Crippen LogP contribution >= 0.6 is 0 Å². The fraction of sp³-hybridized carbons (Fsp3) is 0.190. The number of ether oxygens (including phenoxy) is 1. The Bertz CT molecular complexity index is 1000. The molecule has 0 saturated carbocycles. The van der Waals surface area contributed by atoms with Crippen molar-refractivity contribution in [1.29, 1.82) is 0 Å². The molecule has 0 aliphatic heterocycles. The van der Waals surface area contributed by atoms with Gasteiger partial charge in [0.2, 0.25) is 0 Å². The molecule has 138 valence electrons. The number of benzene rings is 2. The smallest absolute Gasteiger partial charge is 0.338 e. The maximum absolute atomic E-state index is 12.7. The summed E-state index contributed by atoms with van der Waals surface area (Å²) in [4.78, 5) is 29.5. The molecule has 6 nitrogen and oxygen atoms in total. The molecule has 1 atom stereocenters. The van der Waals surface area contributed by atoms with Crippen LogP contribution in [0.15, 0.2) is 54.6 Å². The Kier molecular flexibility index (Phi) is 5.35. The number of aromatic nitrogens is 1. The molecule has 1 unspecified atom stereocenters. The first-order valence-corrected chi connectivity index (χ1v) is 8.71. The number of hydrogen-bond donors (Lipinski definition) is 2. The number of fused-ring (bicyclic) bond motifs is 1. The van der Waals surface area contributed by atoms with Gasteiger partial charge in [0.25, 0.3) is 5.91 Å². The van der Waals surface area contributed by atoms with Gasteiger partial charge in [0, 0.05) is 16.8 Å². The zero-order valence-electron chi connectivity index (χ0n) is 15.2.